The van der Waals surface area contributed by atoms with Crippen molar-refractivity contribution in [2.75, 3.05) is 25.2 Å². The number of ketones is 1. The number of nitrogens with zero attached hydrogens (tertiary/aromatic N) is 1. The number of anilines is 1. The molecule has 2 heterocycles. The summed E-state index contributed by atoms with van der Waals surface area (Å²) in [5.41, 5.74) is 1.63. The Labute approximate surface area is 201 Å². The van der Waals surface area contributed by atoms with Gasteiger partial charge in [0.05, 0.1) is 24.3 Å². The summed E-state index contributed by atoms with van der Waals surface area (Å²) in [5.74, 6) is -1.45. The molecule has 1 atom stereocenters. The molecular weight excluding hydrogens is 450 g/mol. The summed E-state index contributed by atoms with van der Waals surface area (Å²) in [6, 6.07) is 19.1. The third-order valence-electron chi connectivity index (χ3n) is 5.94. The zero-order valence-electron chi connectivity index (χ0n) is 18.8. The van der Waals surface area contributed by atoms with E-state index < -0.39 is 23.7 Å². The number of aliphatic hydroxyl groups is 1. The van der Waals surface area contributed by atoms with E-state index in [2.05, 4.69) is 0 Å². The summed E-state index contributed by atoms with van der Waals surface area (Å²) in [4.78, 5) is 39.7. The van der Waals surface area contributed by atoms with Crippen molar-refractivity contribution in [3.05, 3.63) is 95.1 Å². The van der Waals surface area contributed by atoms with Gasteiger partial charge in [-0.1, -0.05) is 30.3 Å². The molecule has 3 aromatic rings. The van der Waals surface area contributed by atoms with Gasteiger partial charge in [-0.15, -0.1) is 0 Å². The molecule has 3 aromatic carbocycles. The fraction of sp³-hybridized carbons (Fsp3) is 0.148. The van der Waals surface area contributed by atoms with E-state index in [0.29, 0.717) is 47.1 Å². The Morgan fingerprint density at radius 2 is 1.57 bits per heavy atom. The van der Waals surface area contributed by atoms with E-state index in [1.54, 1.807) is 54.6 Å². The molecule has 2 aliphatic heterocycles. The lowest BCUT2D eigenvalue weighted by Gasteiger charge is -2.25. The van der Waals surface area contributed by atoms with E-state index in [4.69, 9.17) is 14.2 Å². The first-order chi connectivity index (χ1) is 17.0. The third kappa shape index (κ3) is 3.89. The van der Waals surface area contributed by atoms with Crippen molar-refractivity contribution in [3.63, 3.8) is 0 Å². The lowest BCUT2D eigenvalue weighted by atomic mass is 9.95. The first kappa shape index (κ1) is 22.2. The summed E-state index contributed by atoms with van der Waals surface area (Å²) in [7, 11) is 1.28. The van der Waals surface area contributed by atoms with Crippen LogP contribution in [0.1, 0.15) is 27.5 Å². The maximum Gasteiger partial charge on any atom is 0.337 e. The normalized spacial score (nSPS) is 18.4. The number of rotatable bonds is 4. The van der Waals surface area contributed by atoms with Crippen LogP contribution >= 0.6 is 0 Å². The van der Waals surface area contributed by atoms with E-state index in [1.807, 2.05) is 6.07 Å². The monoisotopic (exact) mass is 471 g/mol. The molecule has 176 valence electrons. The SMILES string of the molecule is COC(=O)c1ccc(N2C(=O)C(=O)/C(=C(\O)c3ccc4c(c3)OCCO4)C2c2ccccc2)cc1. The molecule has 0 bridgehead atoms. The Bertz CT molecular complexity index is 1350. The molecule has 1 saturated heterocycles. The van der Waals surface area contributed by atoms with Crippen LogP contribution in [0.3, 0.4) is 0 Å². The van der Waals surface area contributed by atoms with Gasteiger partial charge in [0.2, 0.25) is 0 Å². The summed E-state index contributed by atoms with van der Waals surface area (Å²) < 4.78 is 15.9. The molecule has 1 fully saturated rings. The van der Waals surface area contributed by atoms with Gasteiger partial charge in [-0.05, 0) is 48.0 Å². The van der Waals surface area contributed by atoms with Crippen LogP contribution in [0, 0.1) is 0 Å². The minimum atomic E-state index is -0.881. The average molecular weight is 471 g/mol. The summed E-state index contributed by atoms with van der Waals surface area (Å²) >= 11 is 0. The number of carbonyl (C=O) groups is 3. The van der Waals surface area contributed by atoms with Crippen LogP contribution in [-0.4, -0.2) is 43.1 Å². The molecule has 5 rings (SSSR count). The van der Waals surface area contributed by atoms with Gasteiger partial charge in [0, 0.05) is 11.3 Å². The number of ether oxygens (including phenoxy) is 3. The molecule has 1 amide bonds. The van der Waals surface area contributed by atoms with E-state index in [0.717, 1.165) is 0 Å². The molecule has 0 spiro atoms. The average Bonchev–Trinajstić information content (AvgIpc) is 3.18. The number of amides is 1. The molecule has 0 saturated carbocycles. The van der Waals surface area contributed by atoms with Crippen LogP contribution in [-0.2, 0) is 14.3 Å². The van der Waals surface area contributed by atoms with E-state index in [-0.39, 0.29) is 11.3 Å². The second-order valence-corrected chi connectivity index (χ2v) is 7.98. The van der Waals surface area contributed by atoms with Crippen molar-refractivity contribution in [1.29, 1.82) is 0 Å². The van der Waals surface area contributed by atoms with Crippen molar-refractivity contribution in [1.82, 2.24) is 0 Å². The zero-order chi connectivity index (χ0) is 24.5. The lowest BCUT2D eigenvalue weighted by molar-refractivity contribution is -0.132. The Hall–Kier alpha value is -4.59. The highest BCUT2D eigenvalue weighted by Gasteiger charge is 2.47. The predicted molar refractivity (Wildman–Crippen MR) is 126 cm³/mol. The van der Waals surface area contributed by atoms with Crippen LogP contribution < -0.4 is 14.4 Å². The van der Waals surface area contributed by atoms with Crippen molar-refractivity contribution in [2.45, 2.75) is 6.04 Å². The highest BCUT2D eigenvalue weighted by molar-refractivity contribution is 6.51. The van der Waals surface area contributed by atoms with Gasteiger partial charge >= 0.3 is 5.97 Å². The van der Waals surface area contributed by atoms with Gasteiger partial charge in [0.15, 0.2) is 11.5 Å². The van der Waals surface area contributed by atoms with Gasteiger partial charge < -0.3 is 19.3 Å². The number of fused-ring (bicyclic) bond motifs is 1. The van der Waals surface area contributed by atoms with Gasteiger partial charge in [0.25, 0.3) is 11.7 Å². The van der Waals surface area contributed by atoms with Crippen LogP contribution in [0.2, 0.25) is 0 Å². The number of Topliss-reactive ketones (excluding diaryl/α,β-unsaturated/α-hetero) is 1. The van der Waals surface area contributed by atoms with E-state index in [1.165, 1.54) is 24.1 Å². The molecular formula is C27H21NO7. The maximum atomic E-state index is 13.3. The molecule has 0 aromatic heterocycles. The van der Waals surface area contributed by atoms with Crippen molar-refractivity contribution < 1.29 is 33.7 Å². The topological polar surface area (TPSA) is 102 Å². The number of benzene rings is 3. The third-order valence-corrected chi connectivity index (χ3v) is 5.94. The van der Waals surface area contributed by atoms with Crippen LogP contribution in [0.25, 0.3) is 5.76 Å². The molecule has 8 heteroatoms. The minimum Gasteiger partial charge on any atom is -0.507 e. The number of carbonyl (C=O) groups excluding carboxylic acids is 3. The molecule has 8 nitrogen and oxygen atoms in total. The molecule has 2 aliphatic rings. The Kier molecular flexibility index (Phi) is 5.70. The second-order valence-electron chi connectivity index (χ2n) is 7.98. The van der Waals surface area contributed by atoms with Crippen LogP contribution in [0.5, 0.6) is 11.5 Å². The van der Waals surface area contributed by atoms with Gasteiger partial charge in [-0.25, -0.2) is 4.79 Å². The number of hydrogen-bond donors (Lipinski definition) is 1. The number of methoxy groups -OCH3 is 1. The fourth-order valence-electron chi connectivity index (χ4n) is 4.27. The first-order valence-corrected chi connectivity index (χ1v) is 10.9. The molecule has 1 N–H and O–H groups in total. The molecule has 1 unspecified atom stereocenters. The highest BCUT2D eigenvalue weighted by Crippen LogP contribution is 2.43. The minimum absolute atomic E-state index is 0.0464. The predicted octanol–water partition coefficient (Wildman–Crippen LogP) is 3.87. The van der Waals surface area contributed by atoms with Crippen molar-refractivity contribution in [2.24, 2.45) is 0 Å². The lowest BCUT2D eigenvalue weighted by Crippen LogP contribution is -2.29. The zero-order valence-corrected chi connectivity index (χ0v) is 18.8. The maximum absolute atomic E-state index is 13.3. The Morgan fingerprint density at radius 3 is 2.26 bits per heavy atom. The molecule has 35 heavy (non-hydrogen) atoms. The quantitative estimate of drug-likeness (QED) is 0.267. The van der Waals surface area contributed by atoms with Gasteiger partial charge in [-0.3, -0.25) is 14.5 Å². The van der Waals surface area contributed by atoms with Gasteiger partial charge in [-0.2, -0.15) is 0 Å². The Balaban J connectivity index is 1.64. The highest BCUT2D eigenvalue weighted by atomic mass is 16.6. The first-order valence-electron chi connectivity index (χ1n) is 10.9. The molecule has 0 radical (unpaired) electrons. The molecule has 0 aliphatic carbocycles. The smallest absolute Gasteiger partial charge is 0.337 e. The van der Waals surface area contributed by atoms with E-state index >= 15 is 0 Å². The van der Waals surface area contributed by atoms with E-state index in [9.17, 15) is 19.5 Å². The van der Waals surface area contributed by atoms with Crippen LogP contribution in [0.4, 0.5) is 5.69 Å². The fourth-order valence-corrected chi connectivity index (χ4v) is 4.27. The van der Waals surface area contributed by atoms with Crippen molar-refractivity contribution >= 4 is 29.1 Å². The van der Waals surface area contributed by atoms with Crippen LogP contribution in [0.15, 0.2) is 78.4 Å². The number of aliphatic hydroxyl groups excluding tert-OH is 1. The second kappa shape index (κ2) is 8.98. The summed E-state index contributed by atoms with van der Waals surface area (Å²) in [5, 5.41) is 11.3. The largest absolute Gasteiger partial charge is 0.507 e. The number of esters is 1. The van der Waals surface area contributed by atoms with Crippen molar-refractivity contribution in [3.8, 4) is 11.5 Å². The number of hydrogen-bond acceptors (Lipinski definition) is 7. The summed E-state index contributed by atoms with van der Waals surface area (Å²) in [6.07, 6.45) is 0. The Morgan fingerprint density at radius 1 is 0.914 bits per heavy atom. The van der Waals surface area contributed by atoms with Gasteiger partial charge in [0.1, 0.15) is 19.0 Å². The summed E-state index contributed by atoms with van der Waals surface area (Å²) in [6.45, 7) is 0.791. The standard InChI is InChI=1S/C27H21NO7/c1-33-27(32)17-7-10-19(11-8-17)28-23(16-5-3-2-4-6-16)22(25(30)26(28)31)24(29)18-9-12-20-21(15-18)35-14-13-34-20/h2-12,15,23,29H,13-14H2,1H3/b24-22-.